The molecule has 9 N–H and O–H groups in total. The topological polar surface area (TPSA) is 386 Å². The van der Waals surface area contributed by atoms with Gasteiger partial charge in [0.05, 0.1) is 24.4 Å². The molecule has 0 unspecified atom stereocenters. The summed E-state index contributed by atoms with van der Waals surface area (Å²) in [4.78, 5) is 0. The molecule has 4 aliphatic rings. The van der Waals surface area contributed by atoms with Crippen LogP contribution in [0.3, 0.4) is 0 Å². The Morgan fingerprint density at radius 2 is 0.704 bits per heavy atom. The van der Waals surface area contributed by atoms with Gasteiger partial charge in [0.1, 0.15) is 73.2 Å². The zero-order chi connectivity index (χ0) is 40.8. The molecule has 0 saturated carbocycles. The van der Waals surface area contributed by atoms with E-state index in [-0.39, 0.29) is 0 Å². The molecule has 4 heterocycles. The van der Waals surface area contributed by atoms with Crippen molar-refractivity contribution in [3.63, 3.8) is 0 Å². The third-order valence-electron chi connectivity index (χ3n) is 8.86. The number of ether oxygens (including phenoxy) is 8. The monoisotopic (exact) mass is 856 g/mol. The predicted octanol–water partition coefficient (Wildman–Crippen LogP) is -5.50. The van der Waals surface area contributed by atoms with Crippen LogP contribution in [0.15, 0.2) is 0 Å². The van der Waals surface area contributed by atoms with Gasteiger partial charge >= 0.3 is 31.2 Å². The van der Waals surface area contributed by atoms with Gasteiger partial charge in [-0.05, 0) is 27.7 Å². The molecular weight excluding hydrogens is 812 g/mol. The van der Waals surface area contributed by atoms with E-state index in [4.69, 9.17) is 42.4 Å². The number of aliphatic hydroxyl groups is 6. The number of hydrogen-bond donors (Lipinski definition) is 9. The predicted molar refractivity (Wildman–Crippen MR) is 164 cm³/mol. The lowest BCUT2D eigenvalue weighted by Crippen LogP contribution is -2.67. The summed E-state index contributed by atoms with van der Waals surface area (Å²) in [6.45, 7) is 4.87. The van der Waals surface area contributed by atoms with E-state index in [1.165, 1.54) is 21.0 Å². The summed E-state index contributed by atoms with van der Waals surface area (Å²) >= 11 is 0. The van der Waals surface area contributed by atoms with E-state index < -0.39 is 154 Å². The van der Waals surface area contributed by atoms with Crippen molar-refractivity contribution >= 4 is 31.2 Å². The highest BCUT2D eigenvalue weighted by Gasteiger charge is 2.56. The van der Waals surface area contributed by atoms with Crippen molar-refractivity contribution in [2.45, 2.75) is 151 Å². The summed E-state index contributed by atoms with van der Waals surface area (Å²) in [7, 11) is -14.8. The second-order valence-electron chi connectivity index (χ2n) is 12.8. The van der Waals surface area contributed by atoms with Crippen LogP contribution < -0.4 is 0 Å². The van der Waals surface area contributed by atoms with Gasteiger partial charge in [0.15, 0.2) is 25.2 Å². The van der Waals surface area contributed by atoms with Gasteiger partial charge in [0, 0.05) is 7.11 Å². The number of methoxy groups -OCH3 is 1. The standard InChI is InChI=1S/C25H44O26S3/c1-6-16(10(26)12(28)22(41-5)42-6)46-24-14(30)20(19(9(4)45-24)50-53(35,36)37)48-25-15(31)21(51-54(38,39)40)18(8(3)44-25)47-23-13(29)11(27)17(7(2)43-23)49-52(32,33)34/h6-31H,1-5H3,(H,32,33,34)(H,35,36,37)(H,38,39,40)/t6-,7-,8-,9-,10-,11-,12-,13-,14-,15-,16+,17+,18+,19+,20-,21-,22+,23-,24-,25-/m0/s1. The summed E-state index contributed by atoms with van der Waals surface area (Å²) in [6.07, 6.45) is -36.5. The molecule has 4 rings (SSSR count). The third-order valence-corrected chi connectivity index (χ3v) is 10.3. The summed E-state index contributed by atoms with van der Waals surface area (Å²) in [5.41, 5.74) is 0. The Labute approximate surface area is 308 Å². The maximum atomic E-state index is 11.9. The molecule has 0 aromatic rings. The maximum absolute atomic E-state index is 11.9. The Morgan fingerprint density at radius 3 is 1.20 bits per heavy atom. The fraction of sp³-hybridized carbons (Fsp3) is 1.00. The number of hydrogen-bond acceptors (Lipinski definition) is 23. The van der Waals surface area contributed by atoms with Gasteiger partial charge in [-0.25, -0.2) is 12.5 Å². The van der Waals surface area contributed by atoms with Crippen molar-refractivity contribution in [1.29, 1.82) is 0 Å². The lowest BCUT2D eigenvalue weighted by molar-refractivity contribution is -0.379. The lowest BCUT2D eigenvalue weighted by Gasteiger charge is -2.49. The summed E-state index contributed by atoms with van der Waals surface area (Å²) in [5, 5.41) is 64.8. The van der Waals surface area contributed by atoms with E-state index >= 15 is 0 Å². The molecule has 0 aromatic carbocycles. The Morgan fingerprint density at radius 1 is 0.389 bits per heavy atom. The first-order chi connectivity index (χ1) is 24.7. The van der Waals surface area contributed by atoms with Crippen LogP contribution in [0.2, 0.25) is 0 Å². The smallest absolute Gasteiger partial charge is 0.387 e. The lowest BCUT2D eigenvalue weighted by atomic mass is 9.96. The van der Waals surface area contributed by atoms with Crippen LogP contribution in [0.25, 0.3) is 0 Å². The van der Waals surface area contributed by atoms with Crippen molar-refractivity contribution < 1.29 is 120 Å². The number of aliphatic hydroxyl groups excluding tert-OH is 6. The van der Waals surface area contributed by atoms with Crippen LogP contribution in [0, 0.1) is 0 Å². The molecule has 26 nitrogen and oxygen atoms in total. The Bertz CT molecular complexity index is 1580. The van der Waals surface area contributed by atoms with Crippen molar-refractivity contribution in [2.75, 3.05) is 7.11 Å². The third kappa shape index (κ3) is 11.0. The van der Waals surface area contributed by atoms with Gasteiger partial charge in [-0.15, -0.1) is 0 Å². The van der Waals surface area contributed by atoms with Crippen LogP contribution in [0.4, 0.5) is 0 Å². The van der Waals surface area contributed by atoms with E-state index in [0.717, 1.165) is 13.8 Å². The molecular formula is C25H44O26S3. The molecule has 4 aliphatic heterocycles. The van der Waals surface area contributed by atoms with E-state index in [9.17, 15) is 65.0 Å². The zero-order valence-electron chi connectivity index (χ0n) is 28.7. The van der Waals surface area contributed by atoms with Crippen molar-refractivity contribution in [1.82, 2.24) is 0 Å². The van der Waals surface area contributed by atoms with Gasteiger partial charge < -0.3 is 68.5 Å². The molecule has 20 atom stereocenters. The molecule has 0 aromatic heterocycles. The molecule has 0 radical (unpaired) electrons. The average molecular weight is 857 g/mol. The first-order valence-electron chi connectivity index (χ1n) is 15.9. The van der Waals surface area contributed by atoms with Crippen molar-refractivity contribution in [3.05, 3.63) is 0 Å². The molecule has 0 amide bonds. The molecule has 4 saturated heterocycles. The highest BCUT2D eigenvalue weighted by molar-refractivity contribution is 7.81. The van der Waals surface area contributed by atoms with Gasteiger partial charge in [-0.2, -0.15) is 25.3 Å². The molecule has 0 bridgehead atoms. The first-order valence-corrected chi connectivity index (χ1v) is 20.0. The van der Waals surface area contributed by atoms with Gasteiger partial charge in [-0.1, -0.05) is 0 Å². The first kappa shape index (κ1) is 45.7. The summed E-state index contributed by atoms with van der Waals surface area (Å²) in [5.74, 6) is 0. The van der Waals surface area contributed by atoms with Crippen LogP contribution in [-0.4, -0.2) is 199 Å². The van der Waals surface area contributed by atoms with Crippen LogP contribution >= 0.6 is 0 Å². The largest absolute Gasteiger partial charge is 0.397 e. The summed E-state index contributed by atoms with van der Waals surface area (Å²) < 4.78 is 156. The van der Waals surface area contributed by atoms with Crippen molar-refractivity contribution in [3.8, 4) is 0 Å². The molecule has 29 heteroatoms. The normalized spacial score (nSPS) is 47.0. The SMILES string of the molecule is CO[C@@H]1O[C@@H](C)[C@@H](O[C@@H]2O[C@@H](C)[C@@H](OS(=O)(=O)O)[C@@H](O[C@@H]3O[C@@H](C)[C@@H](O[C@@H]4O[C@@H](C)[C@@H](OS(=O)(=O)O)[C@@H](O)[C@@H]4O)[C@@H](OS(=O)(=O)O)[C@@H]3O)[C@@H]2O)[C@@H](O)[C@@H]1O. The fourth-order valence-electron chi connectivity index (χ4n) is 6.31. The molecule has 54 heavy (non-hydrogen) atoms. The van der Waals surface area contributed by atoms with Crippen LogP contribution in [0.5, 0.6) is 0 Å². The van der Waals surface area contributed by atoms with Crippen molar-refractivity contribution in [2.24, 2.45) is 0 Å². The highest BCUT2D eigenvalue weighted by Crippen LogP contribution is 2.36. The molecule has 0 spiro atoms. The Balaban J connectivity index is 1.60. The van der Waals surface area contributed by atoms with Gasteiger partial charge in [-0.3, -0.25) is 13.7 Å². The molecule has 0 aliphatic carbocycles. The van der Waals surface area contributed by atoms with Gasteiger partial charge in [0.2, 0.25) is 0 Å². The fourth-order valence-corrected chi connectivity index (χ4v) is 7.91. The Kier molecular flexibility index (Phi) is 14.8. The minimum atomic E-state index is -5.48. The van der Waals surface area contributed by atoms with Gasteiger partial charge in [0.25, 0.3) is 0 Å². The van der Waals surface area contributed by atoms with E-state index in [0.29, 0.717) is 0 Å². The van der Waals surface area contributed by atoms with E-state index in [1.807, 2.05) is 0 Å². The summed E-state index contributed by atoms with van der Waals surface area (Å²) in [6, 6.07) is 0. The maximum Gasteiger partial charge on any atom is 0.397 e. The minimum absolute atomic E-state index is 1.03. The quantitative estimate of drug-likeness (QED) is 0.0780. The van der Waals surface area contributed by atoms with Crippen LogP contribution in [-0.2, 0) is 81.6 Å². The Hall–Kier alpha value is -0.950. The minimum Gasteiger partial charge on any atom is -0.387 e. The highest BCUT2D eigenvalue weighted by atomic mass is 32.3. The van der Waals surface area contributed by atoms with E-state index in [1.54, 1.807) is 0 Å². The molecule has 318 valence electrons. The van der Waals surface area contributed by atoms with E-state index in [2.05, 4.69) is 12.5 Å². The van der Waals surface area contributed by atoms with Crippen LogP contribution in [0.1, 0.15) is 27.7 Å². The number of rotatable bonds is 13. The average Bonchev–Trinajstić information content (AvgIpc) is 3.03. The molecule has 4 fully saturated rings. The zero-order valence-corrected chi connectivity index (χ0v) is 31.2. The second-order valence-corrected chi connectivity index (χ2v) is 15.9. The second kappa shape index (κ2) is 17.5.